The molecule has 0 aromatic heterocycles. The molecule has 0 aliphatic rings. The topological polar surface area (TPSA) is 101 Å². The van der Waals surface area contributed by atoms with Crippen molar-refractivity contribution in [1.82, 2.24) is 0 Å². The van der Waals surface area contributed by atoms with Crippen LogP contribution >= 0.6 is 0 Å². The van der Waals surface area contributed by atoms with Crippen molar-refractivity contribution in [3.8, 4) is 11.5 Å². The predicted octanol–water partition coefficient (Wildman–Crippen LogP) is 0.0118. The summed E-state index contributed by atoms with van der Waals surface area (Å²) in [5, 5.41) is 17.7. The van der Waals surface area contributed by atoms with Crippen LogP contribution in [0, 0.1) is 0 Å². The molecule has 1 rings (SSSR count). The van der Waals surface area contributed by atoms with Gasteiger partial charge in [-0.05, 0) is 18.2 Å². The van der Waals surface area contributed by atoms with Crippen LogP contribution in [0.25, 0.3) is 0 Å². The zero-order valence-corrected chi connectivity index (χ0v) is 6.68. The molecular weight excluding hydrogens is 174 g/mol. The van der Waals surface area contributed by atoms with Crippen LogP contribution in [0.1, 0.15) is 10.4 Å². The maximum Gasteiger partial charge on any atom is 0.204 e. The van der Waals surface area contributed by atoms with Crippen LogP contribution in [0.15, 0.2) is 18.2 Å². The van der Waals surface area contributed by atoms with Gasteiger partial charge in [-0.1, -0.05) is 0 Å². The van der Waals surface area contributed by atoms with Crippen molar-refractivity contribution in [2.45, 2.75) is 0 Å². The zero-order chi connectivity index (χ0) is 10.3. The van der Waals surface area contributed by atoms with Crippen LogP contribution in [-0.4, -0.2) is 22.9 Å². The molecule has 0 aliphatic heterocycles. The summed E-state index contributed by atoms with van der Waals surface area (Å²) in [6.45, 7) is 0. The molecule has 0 saturated heterocycles. The number of benzene rings is 1. The Morgan fingerprint density at radius 2 is 1.77 bits per heavy atom. The van der Waals surface area contributed by atoms with Crippen molar-refractivity contribution >= 4 is 12.7 Å². The van der Waals surface area contributed by atoms with Crippen LogP contribution < -0.4 is 5.73 Å². The summed E-state index contributed by atoms with van der Waals surface area (Å²) in [6, 6.07) is 3.77. The number of nitrogens with two attached hydrogens (primary N) is 1. The van der Waals surface area contributed by atoms with E-state index in [1.54, 1.807) is 0 Å². The van der Waals surface area contributed by atoms with E-state index in [0.717, 1.165) is 0 Å². The van der Waals surface area contributed by atoms with Gasteiger partial charge in [0, 0.05) is 0 Å². The highest BCUT2D eigenvalue weighted by molar-refractivity contribution is 5.79. The molecule has 13 heavy (non-hydrogen) atoms. The summed E-state index contributed by atoms with van der Waals surface area (Å²) in [5.74, 6) is -0.146. The van der Waals surface area contributed by atoms with Gasteiger partial charge in [0.1, 0.15) is 11.5 Å². The van der Waals surface area contributed by atoms with E-state index in [9.17, 15) is 4.79 Å². The van der Waals surface area contributed by atoms with E-state index in [1.807, 2.05) is 0 Å². The highest BCUT2D eigenvalue weighted by atomic mass is 16.3. The third-order valence-electron chi connectivity index (χ3n) is 1.14. The lowest BCUT2D eigenvalue weighted by atomic mass is 10.2. The normalized spacial score (nSPS) is 8.00. The van der Waals surface area contributed by atoms with Gasteiger partial charge in [0.2, 0.25) is 6.41 Å². The summed E-state index contributed by atoms with van der Waals surface area (Å²) in [5.41, 5.74) is 4.26. The molecule has 4 N–H and O–H groups in total. The Hall–Kier alpha value is -2.04. The number of hydrogen-bond acceptors (Lipinski definition) is 4. The number of aromatic hydroxyl groups is 2. The number of rotatable bonds is 1. The van der Waals surface area contributed by atoms with Gasteiger partial charge >= 0.3 is 0 Å². The number of phenolic OH excluding ortho intramolecular Hbond substituents is 2. The number of aldehydes is 1. The fraction of sp³-hybridized carbons (Fsp3) is 0. The first-order valence-corrected chi connectivity index (χ1v) is 3.28. The highest BCUT2D eigenvalue weighted by Gasteiger charge is 1.98. The quantitative estimate of drug-likeness (QED) is 0.421. The molecule has 5 heteroatoms. The van der Waals surface area contributed by atoms with Gasteiger partial charge in [0.05, 0.1) is 5.56 Å². The minimum Gasteiger partial charge on any atom is -0.508 e. The molecule has 1 amide bonds. The van der Waals surface area contributed by atoms with Crippen LogP contribution in [0.3, 0.4) is 0 Å². The van der Waals surface area contributed by atoms with E-state index in [-0.39, 0.29) is 23.5 Å². The van der Waals surface area contributed by atoms with E-state index in [0.29, 0.717) is 6.29 Å². The molecule has 0 atom stereocenters. The number of carbonyl (C=O) groups excluding carboxylic acids is 2. The minimum absolute atomic E-state index is 0.0279. The van der Waals surface area contributed by atoms with E-state index in [4.69, 9.17) is 15.0 Å². The van der Waals surface area contributed by atoms with Gasteiger partial charge in [0.15, 0.2) is 6.29 Å². The smallest absolute Gasteiger partial charge is 0.204 e. The molecule has 0 spiro atoms. The summed E-state index contributed by atoms with van der Waals surface area (Å²) in [4.78, 5) is 18.7. The number of amides is 1. The summed E-state index contributed by atoms with van der Waals surface area (Å²) >= 11 is 0. The first kappa shape index (κ1) is 11.0. The van der Waals surface area contributed by atoms with Gasteiger partial charge in [-0.25, -0.2) is 0 Å². The number of hydrogen-bond donors (Lipinski definition) is 3. The molecule has 0 saturated carbocycles. The third kappa shape index (κ3) is 3.76. The summed E-state index contributed by atoms with van der Waals surface area (Å²) < 4.78 is 0. The largest absolute Gasteiger partial charge is 0.508 e. The summed E-state index contributed by atoms with van der Waals surface area (Å²) in [7, 11) is 0. The standard InChI is InChI=1S/C7H6O3.CH3NO/c8-4-5-3-6(9)1-2-7(5)10;2-1-3/h1-4,9-10H;1H,(H2,2,3). The maximum atomic E-state index is 10.1. The third-order valence-corrected chi connectivity index (χ3v) is 1.14. The monoisotopic (exact) mass is 183 g/mol. The average molecular weight is 183 g/mol. The first-order chi connectivity index (χ1) is 6.15. The van der Waals surface area contributed by atoms with E-state index in [2.05, 4.69) is 5.73 Å². The van der Waals surface area contributed by atoms with E-state index in [1.165, 1.54) is 18.2 Å². The molecule has 1 aromatic carbocycles. The first-order valence-electron chi connectivity index (χ1n) is 3.28. The van der Waals surface area contributed by atoms with Crippen molar-refractivity contribution in [2.75, 3.05) is 0 Å². The fourth-order valence-electron chi connectivity index (χ4n) is 0.636. The predicted molar refractivity (Wildman–Crippen MR) is 45.4 cm³/mol. The van der Waals surface area contributed by atoms with Crippen LogP contribution in [0.2, 0.25) is 0 Å². The van der Waals surface area contributed by atoms with Gasteiger partial charge < -0.3 is 15.9 Å². The Balaban J connectivity index is 0.000000424. The van der Waals surface area contributed by atoms with Crippen molar-refractivity contribution in [1.29, 1.82) is 0 Å². The van der Waals surface area contributed by atoms with Crippen molar-refractivity contribution < 1.29 is 19.8 Å². The van der Waals surface area contributed by atoms with Crippen LogP contribution in [0.4, 0.5) is 0 Å². The van der Waals surface area contributed by atoms with Crippen LogP contribution in [0.5, 0.6) is 11.5 Å². The second-order valence-electron chi connectivity index (χ2n) is 2.00. The number of primary amides is 1. The molecule has 0 unspecified atom stereocenters. The Bertz CT molecular complexity index is 298. The molecule has 0 radical (unpaired) electrons. The van der Waals surface area contributed by atoms with E-state index < -0.39 is 0 Å². The average Bonchev–Trinajstić information content (AvgIpc) is 2.10. The Labute approximate surface area is 74.4 Å². The number of phenols is 2. The fourth-order valence-corrected chi connectivity index (χ4v) is 0.636. The van der Waals surface area contributed by atoms with Gasteiger partial charge in [-0.2, -0.15) is 0 Å². The molecule has 1 aromatic rings. The lowest BCUT2D eigenvalue weighted by molar-refractivity contribution is -0.106. The Morgan fingerprint density at radius 1 is 1.23 bits per heavy atom. The zero-order valence-electron chi connectivity index (χ0n) is 6.68. The van der Waals surface area contributed by atoms with E-state index >= 15 is 0 Å². The molecular formula is C8H9NO4. The maximum absolute atomic E-state index is 10.1. The molecule has 0 bridgehead atoms. The molecule has 0 aliphatic carbocycles. The second-order valence-corrected chi connectivity index (χ2v) is 2.00. The molecule has 70 valence electrons. The Morgan fingerprint density at radius 3 is 2.15 bits per heavy atom. The molecule has 0 heterocycles. The minimum atomic E-state index is -0.118. The van der Waals surface area contributed by atoms with Crippen LogP contribution in [-0.2, 0) is 4.79 Å². The molecule has 0 fully saturated rings. The van der Waals surface area contributed by atoms with Gasteiger partial charge in [-0.15, -0.1) is 0 Å². The number of carbonyl (C=O) groups is 2. The highest BCUT2D eigenvalue weighted by Crippen LogP contribution is 2.19. The van der Waals surface area contributed by atoms with Gasteiger partial charge in [0.25, 0.3) is 0 Å². The van der Waals surface area contributed by atoms with Crippen molar-refractivity contribution in [3.63, 3.8) is 0 Å². The Kier molecular flexibility index (Phi) is 4.71. The summed E-state index contributed by atoms with van der Waals surface area (Å²) in [6.07, 6.45) is 0.731. The lowest BCUT2D eigenvalue weighted by Gasteiger charge is -1.95. The van der Waals surface area contributed by atoms with Crippen molar-refractivity contribution in [2.24, 2.45) is 5.73 Å². The van der Waals surface area contributed by atoms with Gasteiger partial charge in [-0.3, -0.25) is 9.59 Å². The van der Waals surface area contributed by atoms with Crippen molar-refractivity contribution in [3.05, 3.63) is 23.8 Å². The molecule has 5 nitrogen and oxygen atoms in total. The second kappa shape index (κ2) is 5.59. The lowest BCUT2D eigenvalue weighted by Crippen LogP contribution is -1.82. The SMILES string of the molecule is NC=O.O=Cc1cc(O)ccc1O.